The maximum atomic E-state index is 13.4. The molecule has 0 saturated carbocycles. The maximum Gasteiger partial charge on any atom is 0.263 e. The lowest BCUT2D eigenvalue weighted by Gasteiger charge is -2.16. The number of thiophene rings is 1. The Kier molecular flexibility index (Phi) is 3.54. The van der Waals surface area contributed by atoms with Crippen LogP contribution in [-0.2, 0) is 6.54 Å². The number of carbonyl (C=O) groups excluding carboxylic acids is 1. The minimum absolute atomic E-state index is 0.0803. The van der Waals surface area contributed by atoms with Crippen molar-refractivity contribution in [3.05, 3.63) is 58.0 Å². The topological polar surface area (TPSA) is 20.3 Å². The number of carbonyl (C=O) groups is 1. The van der Waals surface area contributed by atoms with E-state index in [1.807, 2.05) is 11.4 Å². The molecular formula is C13H12FNOS. The van der Waals surface area contributed by atoms with Crippen molar-refractivity contribution in [1.29, 1.82) is 0 Å². The molecule has 0 aliphatic heterocycles. The van der Waals surface area contributed by atoms with Gasteiger partial charge < -0.3 is 4.90 Å². The summed E-state index contributed by atoms with van der Waals surface area (Å²) in [5.41, 5.74) is 0.528. The van der Waals surface area contributed by atoms with Crippen LogP contribution in [0.2, 0.25) is 0 Å². The predicted octanol–water partition coefficient (Wildman–Crippen LogP) is 3.16. The molecule has 4 heteroatoms. The fourth-order valence-electron chi connectivity index (χ4n) is 1.54. The summed E-state index contributed by atoms with van der Waals surface area (Å²) in [6, 6.07) is 10.1. The molecule has 0 bridgehead atoms. The molecule has 1 aromatic heterocycles. The number of amides is 1. The molecule has 0 unspecified atom stereocenters. The van der Waals surface area contributed by atoms with Crippen molar-refractivity contribution in [3.63, 3.8) is 0 Å². The molecule has 17 heavy (non-hydrogen) atoms. The number of rotatable bonds is 3. The molecule has 0 N–H and O–H groups in total. The van der Waals surface area contributed by atoms with Crippen LogP contribution in [0.5, 0.6) is 0 Å². The predicted molar refractivity (Wildman–Crippen MR) is 66.5 cm³/mol. The monoisotopic (exact) mass is 249 g/mol. The van der Waals surface area contributed by atoms with Crippen LogP contribution >= 0.6 is 11.3 Å². The molecule has 2 aromatic rings. The summed E-state index contributed by atoms with van der Waals surface area (Å²) in [5.74, 6) is -0.360. The summed E-state index contributed by atoms with van der Waals surface area (Å²) in [6.07, 6.45) is 0. The standard InChI is InChI=1S/C13H12FNOS/c1-15(13(16)12-7-4-8-17-12)9-10-5-2-3-6-11(10)14/h2-8H,9H2,1H3. The molecule has 1 heterocycles. The van der Waals surface area contributed by atoms with Crippen LogP contribution in [0.15, 0.2) is 41.8 Å². The second-order valence-electron chi connectivity index (χ2n) is 3.73. The van der Waals surface area contributed by atoms with Gasteiger partial charge in [-0.25, -0.2) is 4.39 Å². The van der Waals surface area contributed by atoms with Gasteiger partial charge in [-0.2, -0.15) is 0 Å². The Labute approximate surface area is 103 Å². The van der Waals surface area contributed by atoms with E-state index in [1.165, 1.54) is 22.3 Å². The van der Waals surface area contributed by atoms with Crippen LogP contribution < -0.4 is 0 Å². The van der Waals surface area contributed by atoms with E-state index in [2.05, 4.69) is 0 Å². The molecule has 2 nitrogen and oxygen atoms in total. The molecule has 2 rings (SSSR count). The highest BCUT2D eigenvalue weighted by atomic mass is 32.1. The number of nitrogens with zero attached hydrogens (tertiary/aromatic N) is 1. The lowest BCUT2D eigenvalue weighted by atomic mass is 10.2. The van der Waals surface area contributed by atoms with Crippen LogP contribution in [0.25, 0.3) is 0 Å². The summed E-state index contributed by atoms with van der Waals surface area (Å²) in [4.78, 5) is 14.1. The molecule has 0 aliphatic rings. The van der Waals surface area contributed by atoms with Crippen LogP contribution in [0.1, 0.15) is 15.2 Å². The van der Waals surface area contributed by atoms with Gasteiger partial charge in [0.25, 0.3) is 5.91 Å². The fourth-order valence-corrected chi connectivity index (χ4v) is 2.26. The third-order valence-electron chi connectivity index (χ3n) is 2.44. The highest BCUT2D eigenvalue weighted by molar-refractivity contribution is 7.12. The molecule has 0 fully saturated rings. The molecule has 1 aromatic carbocycles. The number of benzene rings is 1. The highest BCUT2D eigenvalue weighted by Crippen LogP contribution is 2.14. The Morgan fingerprint density at radius 3 is 2.71 bits per heavy atom. The summed E-state index contributed by atoms with van der Waals surface area (Å²) in [5, 5.41) is 1.85. The zero-order chi connectivity index (χ0) is 12.3. The van der Waals surface area contributed by atoms with Gasteiger partial charge in [-0.05, 0) is 17.5 Å². The van der Waals surface area contributed by atoms with Gasteiger partial charge in [-0.1, -0.05) is 24.3 Å². The van der Waals surface area contributed by atoms with E-state index in [9.17, 15) is 9.18 Å². The highest BCUT2D eigenvalue weighted by Gasteiger charge is 2.14. The fraction of sp³-hybridized carbons (Fsp3) is 0.154. The van der Waals surface area contributed by atoms with E-state index in [0.29, 0.717) is 10.4 Å². The molecule has 0 aliphatic carbocycles. The Morgan fingerprint density at radius 2 is 2.06 bits per heavy atom. The zero-order valence-corrected chi connectivity index (χ0v) is 10.2. The number of halogens is 1. The third-order valence-corrected chi connectivity index (χ3v) is 3.30. The quantitative estimate of drug-likeness (QED) is 0.818. The van der Waals surface area contributed by atoms with Crippen LogP contribution in [0.4, 0.5) is 4.39 Å². The van der Waals surface area contributed by atoms with E-state index in [4.69, 9.17) is 0 Å². The number of hydrogen-bond donors (Lipinski definition) is 0. The normalized spacial score (nSPS) is 10.2. The van der Waals surface area contributed by atoms with Crippen molar-refractivity contribution >= 4 is 17.2 Å². The van der Waals surface area contributed by atoms with E-state index in [0.717, 1.165) is 0 Å². The smallest absolute Gasteiger partial charge is 0.263 e. The second kappa shape index (κ2) is 5.10. The lowest BCUT2D eigenvalue weighted by Crippen LogP contribution is -2.25. The first kappa shape index (κ1) is 11.8. The van der Waals surface area contributed by atoms with Crippen LogP contribution in [0.3, 0.4) is 0 Å². The third kappa shape index (κ3) is 2.71. The van der Waals surface area contributed by atoms with E-state index in [1.54, 1.807) is 31.3 Å². The summed E-state index contributed by atoms with van der Waals surface area (Å²) < 4.78 is 13.4. The van der Waals surface area contributed by atoms with Gasteiger partial charge in [0.15, 0.2) is 0 Å². The average molecular weight is 249 g/mol. The zero-order valence-electron chi connectivity index (χ0n) is 9.39. The molecular weight excluding hydrogens is 237 g/mol. The van der Waals surface area contributed by atoms with Gasteiger partial charge in [0.2, 0.25) is 0 Å². The van der Waals surface area contributed by atoms with Gasteiger partial charge in [0.1, 0.15) is 5.82 Å². The van der Waals surface area contributed by atoms with E-state index < -0.39 is 0 Å². The second-order valence-corrected chi connectivity index (χ2v) is 4.68. The Balaban J connectivity index is 2.10. The van der Waals surface area contributed by atoms with Crippen molar-refractivity contribution in [2.75, 3.05) is 7.05 Å². The first-order valence-corrected chi connectivity index (χ1v) is 6.09. The van der Waals surface area contributed by atoms with Gasteiger partial charge >= 0.3 is 0 Å². The maximum absolute atomic E-state index is 13.4. The largest absolute Gasteiger partial charge is 0.337 e. The molecule has 0 atom stereocenters. The minimum Gasteiger partial charge on any atom is -0.337 e. The van der Waals surface area contributed by atoms with Crippen molar-refractivity contribution < 1.29 is 9.18 Å². The first-order valence-electron chi connectivity index (χ1n) is 5.21. The van der Waals surface area contributed by atoms with Gasteiger partial charge in [0, 0.05) is 19.2 Å². The Morgan fingerprint density at radius 1 is 1.29 bits per heavy atom. The Hall–Kier alpha value is -1.68. The van der Waals surface area contributed by atoms with Crippen molar-refractivity contribution in [3.8, 4) is 0 Å². The molecule has 88 valence electrons. The molecule has 0 saturated heterocycles. The number of hydrogen-bond acceptors (Lipinski definition) is 2. The SMILES string of the molecule is CN(Cc1ccccc1F)C(=O)c1cccs1. The summed E-state index contributed by atoms with van der Waals surface area (Å²) in [7, 11) is 1.68. The van der Waals surface area contributed by atoms with Crippen LogP contribution in [-0.4, -0.2) is 17.9 Å². The van der Waals surface area contributed by atoms with E-state index >= 15 is 0 Å². The van der Waals surface area contributed by atoms with Gasteiger partial charge in [-0.15, -0.1) is 11.3 Å². The van der Waals surface area contributed by atoms with E-state index in [-0.39, 0.29) is 18.3 Å². The molecule has 1 amide bonds. The summed E-state index contributed by atoms with van der Waals surface area (Å²) in [6.45, 7) is 0.281. The summed E-state index contributed by atoms with van der Waals surface area (Å²) >= 11 is 1.39. The van der Waals surface area contributed by atoms with Crippen molar-refractivity contribution in [2.24, 2.45) is 0 Å². The lowest BCUT2D eigenvalue weighted by molar-refractivity contribution is 0.0788. The van der Waals surface area contributed by atoms with Crippen molar-refractivity contribution in [2.45, 2.75) is 6.54 Å². The molecule has 0 radical (unpaired) electrons. The minimum atomic E-state index is -0.279. The van der Waals surface area contributed by atoms with Crippen LogP contribution in [0, 0.1) is 5.82 Å². The van der Waals surface area contributed by atoms with Crippen molar-refractivity contribution in [1.82, 2.24) is 4.90 Å². The van der Waals surface area contributed by atoms with Gasteiger partial charge in [0.05, 0.1) is 4.88 Å². The Bertz CT molecular complexity index is 510. The van der Waals surface area contributed by atoms with Gasteiger partial charge in [-0.3, -0.25) is 4.79 Å². The average Bonchev–Trinajstić information content (AvgIpc) is 2.84. The first-order chi connectivity index (χ1) is 8.18. The molecule has 0 spiro atoms.